The Labute approximate surface area is 106 Å². The van der Waals surface area contributed by atoms with Gasteiger partial charge in [0.15, 0.2) is 4.47 Å². The van der Waals surface area contributed by atoms with Crippen molar-refractivity contribution in [3.8, 4) is 0 Å². The fourth-order valence-electron chi connectivity index (χ4n) is 2.17. The minimum absolute atomic E-state index is 0.651. The van der Waals surface area contributed by atoms with E-state index < -0.39 is 0 Å². The van der Waals surface area contributed by atoms with Crippen LogP contribution in [-0.4, -0.2) is 48.0 Å². The van der Waals surface area contributed by atoms with Crippen molar-refractivity contribution in [3.63, 3.8) is 0 Å². The first-order valence-corrected chi connectivity index (χ1v) is 6.83. The highest BCUT2D eigenvalue weighted by atomic mass is 35.5. The molecule has 1 fully saturated rings. The van der Waals surface area contributed by atoms with Gasteiger partial charge in [-0.05, 0) is 26.9 Å². The van der Waals surface area contributed by atoms with Crippen LogP contribution in [0.2, 0.25) is 4.47 Å². The number of nitrogens with zero attached hydrogens (tertiary/aromatic N) is 3. The summed E-state index contributed by atoms with van der Waals surface area (Å²) >= 11 is 7.42. The summed E-state index contributed by atoms with van der Waals surface area (Å²) in [4.78, 5) is 10.2. The van der Waals surface area contributed by atoms with Crippen LogP contribution in [0.25, 0.3) is 0 Å². The summed E-state index contributed by atoms with van der Waals surface area (Å²) in [5.74, 6) is 0. The van der Waals surface area contributed by atoms with E-state index >= 15 is 0 Å². The highest BCUT2D eigenvalue weighted by molar-refractivity contribution is 7.15. The lowest BCUT2D eigenvalue weighted by Gasteiger charge is -2.34. The topological polar surface area (TPSA) is 19.4 Å². The summed E-state index contributed by atoms with van der Waals surface area (Å²) < 4.78 is 0.651. The standard InChI is InChI=1S/C11H18ClN3S/c1-14(2)9-3-5-15(6-4-9)8-10-7-13-11(12)16-10/h7,9H,3-6,8H2,1-2H3. The van der Waals surface area contributed by atoms with E-state index in [0.29, 0.717) is 4.47 Å². The molecule has 0 unspecified atom stereocenters. The Morgan fingerprint density at radius 2 is 2.19 bits per heavy atom. The number of halogens is 1. The normalized spacial score (nSPS) is 19.5. The molecule has 0 N–H and O–H groups in total. The maximum Gasteiger partial charge on any atom is 0.183 e. The summed E-state index contributed by atoms with van der Waals surface area (Å²) in [7, 11) is 4.34. The van der Waals surface area contributed by atoms with Crippen LogP contribution < -0.4 is 0 Å². The fraction of sp³-hybridized carbons (Fsp3) is 0.727. The fourth-order valence-corrected chi connectivity index (χ4v) is 3.19. The van der Waals surface area contributed by atoms with Gasteiger partial charge < -0.3 is 4.90 Å². The molecule has 2 heterocycles. The van der Waals surface area contributed by atoms with Crippen LogP contribution in [0.15, 0.2) is 6.20 Å². The predicted molar refractivity (Wildman–Crippen MR) is 69.1 cm³/mol. The van der Waals surface area contributed by atoms with Gasteiger partial charge in [-0.3, -0.25) is 4.90 Å². The second kappa shape index (κ2) is 5.45. The first kappa shape index (κ1) is 12.3. The van der Waals surface area contributed by atoms with E-state index in [1.54, 1.807) is 11.3 Å². The van der Waals surface area contributed by atoms with Crippen LogP contribution in [-0.2, 0) is 6.54 Å². The van der Waals surface area contributed by atoms with Crippen molar-refractivity contribution in [3.05, 3.63) is 15.5 Å². The Kier molecular flexibility index (Phi) is 4.19. The maximum absolute atomic E-state index is 5.83. The average Bonchev–Trinajstić information content (AvgIpc) is 2.65. The smallest absolute Gasteiger partial charge is 0.183 e. The van der Waals surface area contributed by atoms with Crippen molar-refractivity contribution in [2.45, 2.75) is 25.4 Å². The Morgan fingerprint density at radius 1 is 1.50 bits per heavy atom. The van der Waals surface area contributed by atoms with Crippen LogP contribution in [0.3, 0.4) is 0 Å². The zero-order valence-electron chi connectivity index (χ0n) is 9.82. The van der Waals surface area contributed by atoms with Gasteiger partial charge in [0.25, 0.3) is 0 Å². The van der Waals surface area contributed by atoms with Gasteiger partial charge in [0.1, 0.15) is 0 Å². The van der Waals surface area contributed by atoms with Gasteiger partial charge in [0.2, 0.25) is 0 Å². The minimum Gasteiger partial charge on any atom is -0.306 e. The molecule has 5 heteroatoms. The van der Waals surface area contributed by atoms with Gasteiger partial charge in [-0.2, -0.15) is 0 Å². The van der Waals surface area contributed by atoms with Crippen molar-refractivity contribution in [1.82, 2.24) is 14.8 Å². The monoisotopic (exact) mass is 259 g/mol. The lowest BCUT2D eigenvalue weighted by molar-refractivity contribution is 0.141. The number of thiazole rings is 1. The van der Waals surface area contributed by atoms with E-state index in [1.165, 1.54) is 30.8 Å². The highest BCUT2D eigenvalue weighted by Crippen LogP contribution is 2.22. The van der Waals surface area contributed by atoms with Crippen LogP contribution in [0.1, 0.15) is 17.7 Å². The van der Waals surface area contributed by atoms with Gasteiger partial charge in [-0.15, -0.1) is 11.3 Å². The molecule has 1 saturated heterocycles. The molecule has 1 aromatic rings. The number of hydrogen-bond acceptors (Lipinski definition) is 4. The molecule has 90 valence electrons. The van der Waals surface area contributed by atoms with Gasteiger partial charge in [-0.25, -0.2) is 4.98 Å². The first-order chi connectivity index (χ1) is 7.65. The number of aromatic nitrogens is 1. The third-order valence-corrected chi connectivity index (χ3v) is 4.29. The molecule has 0 atom stereocenters. The van der Waals surface area contributed by atoms with Crippen LogP contribution in [0.5, 0.6) is 0 Å². The summed E-state index contributed by atoms with van der Waals surface area (Å²) in [6, 6.07) is 0.751. The Balaban J connectivity index is 1.81. The molecule has 0 saturated carbocycles. The summed E-state index contributed by atoms with van der Waals surface area (Å²) in [6.45, 7) is 3.36. The largest absolute Gasteiger partial charge is 0.306 e. The molecule has 0 aliphatic carbocycles. The third kappa shape index (κ3) is 3.17. The van der Waals surface area contributed by atoms with Crippen LogP contribution in [0.4, 0.5) is 0 Å². The number of hydrogen-bond donors (Lipinski definition) is 0. The van der Waals surface area contributed by atoms with Crippen molar-refractivity contribution in [2.75, 3.05) is 27.2 Å². The molecule has 0 radical (unpaired) electrons. The van der Waals surface area contributed by atoms with Crippen molar-refractivity contribution < 1.29 is 0 Å². The molecule has 1 aromatic heterocycles. The average molecular weight is 260 g/mol. The van der Waals surface area contributed by atoms with E-state index in [0.717, 1.165) is 12.6 Å². The van der Waals surface area contributed by atoms with E-state index in [1.807, 2.05) is 6.20 Å². The number of rotatable bonds is 3. The van der Waals surface area contributed by atoms with E-state index in [4.69, 9.17) is 11.6 Å². The number of piperidine rings is 1. The van der Waals surface area contributed by atoms with Gasteiger partial charge in [0.05, 0.1) is 0 Å². The summed E-state index contributed by atoms with van der Waals surface area (Å²) in [5.41, 5.74) is 0. The lowest BCUT2D eigenvalue weighted by Crippen LogP contribution is -2.41. The zero-order valence-corrected chi connectivity index (χ0v) is 11.4. The molecular formula is C11H18ClN3S. The van der Waals surface area contributed by atoms with Crippen molar-refractivity contribution >= 4 is 22.9 Å². The molecule has 0 aromatic carbocycles. The molecule has 2 rings (SSSR count). The molecule has 1 aliphatic rings. The quantitative estimate of drug-likeness (QED) is 0.831. The highest BCUT2D eigenvalue weighted by Gasteiger charge is 2.20. The maximum atomic E-state index is 5.83. The molecule has 0 spiro atoms. The van der Waals surface area contributed by atoms with Crippen LogP contribution >= 0.6 is 22.9 Å². The Hall–Kier alpha value is -0.160. The second-order valence-electron chi connectivity index (χ2n) is 4.55. The SMILES string of the molecule is CN(C)C1CCN(Cc2cnc(Cl)s2)CC1. The minimum atomic E-state index is 0.651. The van der Waals surface area contributed by atoms with E-state index in [-0.39, 0.29) is 0 Å². The van der Waals surface area contributed by atoms with Crippen molar-refractivity contribution in [2.24, 2.45) is 0 Å². The molecule has 16 heavy (non-hydrogen) atoms. The molecule has 3 nitrogen and oxygen atoms in total. The molecule has 0 amide bonds. The van der Waals surface area contributed by atoms with Gasteiger partial charge in [-0.1, -0.05) is 11.6 Å². The third-order valence-electron chi connectivity index (χ3n) is 3.19. The van der Waals surface area contributed by atoms with Crippen LogP contribution in [0, 0.1) is 0 Å². The van der Waals surface area contributed by atoms with Gasteiger partial charge in [0, 0.05) is 36.8 Å². The van der Waals surface area contributed by atoms with Gasteiger partial charge >= 0.3 is 0 Å². The second-order valence-corrected chi connectivity index (χ2v) is 6.25. The first-order valence-electron chi connectivity index (χ1n) is 5.64. The zero-order chi connectivity index (χ0) is 11.5. The summed E-state index contributed by atoms with van der Waals surface area (Å²) in [5, 5.41) is 0. The molecular weight excluding hydrogens is 242 g/mol. The van der Waals surface area contributed by atoms with E-state index in [2.05, 4.69) is 28.9 Å². The summed E-state index contributed by atoms with van der Waals surface area (Å²) in [6.07, 6.45) is 4.42. The predicted octanol–water partition coefficient (Wildman–Crippen LogP) is 2.32. The number of likely N-dealkylation sites (tertiary alicyclic amines) is 1. The van der Waals surface area contributed by atoms with Crippen molar-refractivity contribution in [1.29, 1.82) is 0 Å². The molecule has 0 bridgehead atoms. The Bertz CT molecular complexity index is 332. The molecule has 1 aliphatic heterocycles. The Morgan fingerprint density at radius 3 is 2.69 bits per heavy atom. The lowest BCUT2D eigenvalue weighted by atomic mass is 10.0. The van der Waals surface area contributed by atoms with E-state index in [9.17, 15) is 0 Å².